The molecule has 3 nitrogen and oxygen atoms in total. The van der Waals surface area contributed by atoms with E-state index in [0.29, 0.717) is 17.2 Å². The molecule has 3 heterocycles. The van der Waals surface area contributed by atoms with Gasteiger partial charge < -0.3 is 15.2 Å². The first-order valence-electron chi connectivity index (χ1n) is 7.89. The summed E-state index contributed by atoms with van der Waals surface area (Å²) in [6.07, 6.45) is 5.35. The van der Waals surface area contributed by atoms with E-state index in [1.165, 1.54) is 0 Å². The van der Waals surface area contributed by atoms with Crippen molar-refractivity contribution in [3.8, 4) is 0 Å². The molecule has 0 bridgehead atoms. The average Bonchev–Trinajstić information content (AvgIpc) is 3.08. The first kappa shape index (κ1) is 14.9. The molecule has 0 amide bonds. The SMILES string of the molecule is OC[C@H]1CC[C@@H]2[C@H](O1)c1cc(Cl)ccc1N[C@H]2C1CC=CS1. The second kappa shape index (κ2) is 6.08. The van der Waals surface area contributed by atoms with Gasteiger partial charge in [-0.05, 0) is 42.9 Å². The number of hydrogen-bond acceptors (Lipinski definition) is 4. The first-order valence-corrected chi connectivity index (χ1v) is 9.21. The lowest BCUT2D eigenvalue weighted by Crippen LogP contribution is -2.48. The van der Waals surface area contributed by atoms with Gasteiger partial charge in [-0.1, -0.05) is 17.7 Å². The van der Waals surface area contributed by atoms with Crippen LogP contribution in [0.25, 0.3) is 0 Å². The summed E-state index contributed by atoms with van der Waals surface area (Å²) in [4.78, 5) is 0. The van der Waals surface area contributed by atoms with E-state index in [9.17, 15) is 5.11 Å². The fraction of sp³-hybridized carbons (Fsp3) is 0.529. The van der Waals surface area contributed by atoms with Gasteiger partial charge in [-0.15, -0.1) is 11.8 Å². The molecular weight excluding hydrogens is 318 g/mol. The summed E-state index contributed by atoms with van der Waals surface area (Å²) < 4.78 is 6.23. The van der Waals surface area contributed by atoms with Crippen molar-refractivity contribution in [2.24, 2.45) is 5.92 Å². The Morgan fingerprint density at radius 2 is 2.27 bits per heavy atom. The van der Waals surface area contributed by atoms with E-state index in [0.717, 1.165) is 35.5 Å². The number of halogens is 1. The van der Waals surface area contributed by atoms with Gasteiger partial charge in [-0.3, -0.25) is 0 Å². The van der Waals surface area contributed by atoms with Crippen LogP contribution in [0.5, 0.6) is 0 Å². The minimum Gasteiger partial charge on any atom is -0.394 e. The van der Waals surface area contributed by atoms with Crippen molar-refractivity contribution in [1.29, 1.82) is 0 Å². The molecule has 3 aliphatic heterocycles. The van der Waals surface area contributed by atoms with E-state index >= 15 is 0 Å². The van der Waals surface area contributed by atoms with E-state index < -0.39 is 0 Å². The van der Waals surface area contributed by atoms with E-state index in [1.807, 2.05) is 23.9 Å². The molecule has 118 valence electrons. The fourth-order valence-corrected chi connectivity index (χ4v) is 5.17. The maximum atomic E-state index is 9.48. The Kier molecular flexibility index (Phi) is 4.11. The van der Waals surface area contributed by atoms with Crippen LogP contribution in [0.3, 0.4) is 0 Å². The molecule has 3 aliphatic rings. The van der Waals surface area contributed by atoms with Gasteiger partial charge in [0.25, 0.3) is 0 Å². The lowest BCUT2D eigenvalue weighted by molar-refractivity contribution is -0.109. The Balaban J connectivity index is 1.69. The van der Waals surface area contributed by atoms with Gasteiger partial charge in [0.05, 0.1) is 18.8 Å². The van der Waals surface area contributed by atoms with Crippen LogP contribution in [0.1, 0.15) is 30.9 Å². The van der Waals surface area contributed by atoms with Crippen molar-refractivity contribution in [2.75, 3.05) is 11.9 Å². The summed E-state index contributed by atoms with van der Waals surface area (Å²) >= 11 is 8.11. The number of aliphatic hydroxyl groups is 1. The van der Waals surface area contributed by atoms with Crippen LogP contribution in [0.2, 0.25) is 5.02 Å². The van der Waals surface area contributed by atoms with Crippen molar-refractivity contribution < 1.29 is 9.84 Å². The summed E-state index contributed by atoms with van der Waals surface area (Å²) in [7, 11) is 0. The summed E-state index contributed by atoms with van der Waals surface area (Å²) in [5.41, 5.74) is 2.27. The van der Waals surface area contributed by atoms with Crippen LogP contribution < -0.4 is 5.32 Å². The van der Waals surface area contributed by atoms with Crippen LogP contribution in [-0.2, 0) is 4.74 Å². The van der Waals surface area contributed by atoms with E-state index in [4.69, 9.17) is 16.3 Å². The number of anilines is 1. The first-order chi connectivity index (χ1) is 10.8. The predicted molar refractivity (Wildman–Crippen MR) is 91.4 cm³/mol. The number of thioether (sulfide) groups is 1. The normalized spacial score (nSPS) is 36.5. The second-order valence-corrected chi connectivity index (χ2v) is 7.87. The minimum absolute atomic E-state index is 0.0343. The van der Waals surface area contributed by atoms with Gasteiger partial charge in [0, 0.05) is 33.5 Å². The molecule has 1 unspecified atom stereocenters. The molecule has 0 aromatic heterocycles. The number of rotatable bonds is 2. The Bertz CT molecular complexity index is 586. The van der Waals surface area contributed by atoms with Gasteiger partial charge in [-0.2, -0.15) is 0 Å². The summed E-state index contributed by atoms with van der Waals surface area (Å²) in [5, 5.41) is 16.7. The number of hydrogen-bond donors (Lipinski definition) is 2. The average molecular weight is 338 g/mol. The zero-order valence-electron chi connectivity index (χ0n) is 12.2. The Hall–Kier alpha value is -0.680. The molecule has 1 saturated heterocycles. The highest BCUT2D eigenvalue weighted by Gasteiger charge is 2.44. The molecule has 0 spiro atoms. The maximum Gasteiger partial charge on any atom is 0.0898 e. The van der Waals surface area contributed by atoms with E-state index in [-0.39, 0.29) is 18.8 Å². The molecule has 22 heavy (non-hydrogen) atoms. The lowest BCUT2D eigenvalue weighted by Gasteiger charge is -2.47. The number of aliphatic hydroxyl groups excluding tert-OH is 1. The second-order valence-electron chi connectivity index (χ2n) is 6.29. The van der Waals surface area contributed by atoms with Crippen molar-refractivity contribution in [2.45, 2.75) is 42.8 Å². The molecule has 0 aliphatic carbocycles. The lowest BCUT2D eigenvalue weighted by atomic mass is 9.77. The van der Waals surface area contributed by atoms with Gasteiger partial charge in [-0.25, -0.2) is 0 Å². The van der Waals surface area contributed by atoms with Crippen LogP contribution in [-0.4, -0.2) is 29.1 Å². The van der Waals surface area contributed by atoms with Crippen LogP contribution in [0, 0.1) is 5.92 Å². The zero-order chi connectivity index (χ0) is 15.1. The highest BCUT2D eigenvalue weighted by molar-refractivity contribution is 8.03. The molecule has 1 fully saturated rings. The Labute approximate surface area is 140 Å². The topological polar surface area (TPSA) is 41.5 Å². The molecule has 5 heteroatoms. The smallest absolute Gasteiger partial charge is 0.0898 e. The highest BCUT2D eigenvalue weighted by Crippen LogP contribution is 2.49. The monoisotopic (exact) mass is 337 g/mol. The van der Waals surface area contributed by atoms with E-state index in [1.54, 1.807) is 0 Å². The molecule has 0 radical (unpaired) electrons. The predicted octanol–water partition coefficient (Wildman–Crippen LogP) is 3.98. The van der Waals surface area contributed by atoms with E-state index in [2.05, 4.69) is 22.9 Å². The maximum absolute atomic E-state index is 9.48. The highest BCUT2D eigenvalue weighted by atomic mass is 35.5. The van der Waals surface area contributed by atoms with Gasteiger partial charge >= 0.3 is 0 Å². The molecular formula is C17H20ClNO2S. The van der Waals surface area contributed by atoms with Crippen molar-refractivity contribution >= 4 is 29.1 Å². The van der Waals surface area contributed by atoms with Crippen LogP contribution >= 0.6 is 23.4 Å². The minimum atomic E-state index is -0.0545. The largest absolute Gasteiger partial charge is 0.394 e. The van der Waals surface area contributed by atoms with Gasteiger partial charge in [0.2, 0.25) is 0 Å². The van der Waals surface area contributed by atoms with Gasteiger partial charge in [0.15, 0.2) is 0 Å². The quantitative estimate of drug-likeness (QED) is 0.856. The molecule has 2 N–H and O–H groups in total. The Morgan fingerprint density at radius 3 is 3.05 bits per heavy atom. The number of fused-ring (bicyclic) bond motifs is 3. The molecule has 4 rings (SSSR count). The molecule has 5 atom stereocenters. The Morgan fingerprint density at radius 1 is 1.36 bits per heavy atom. The molecule has 0 saturated carbocycles. The van der Waals surface area contributed by atoms with Crippen molar-refractivity contribution in [3.63, 3.8) is 0 Å². The number of allylic oxidation sites excluding steroid dienone is 1. The number of benzene rings is 1. The zero-order valence-corrected chi connectivity index (χ0v) is 13.8. The van der Waals surface area contributed by atoms with Crippen LogP contribution in [0.4, 0.5) is 5.69 Å². The van der Waals surface area contributed by atoms with Crippen LogP contribution in [0.15, 0.2) is 29.7 Å². The summed E-state index contributed by atoms with van der Waals surface area (Å²) in [5.74, 6) is 0.436. The van der Waals surface area contributed by atoms with Crippen molar-refractivity contribution in [1.82, 2.24) is 0 Å². The summed E-state index contributed by atoms with van der Waals surface area (Å²) in [6.45, 7) is 0.0942. The fourth-order valence-electron chi connectivity index (χ4n) is 3.90. The number of nitrogens with one attached hydrogen (secondary N) is 1. The molecule has 1 aromatic rings. The third-order valence-corrected chi connectivity index (χ3v) is 6.40. The molecule has 1 aromatic carbocycles. The van der Waals surface area contributed by atoms with Gasteiger partial charge in [0.1, 0.15) is 0 Å². The number of ether oxygens (including phenoxy) is 1. The third kappa shape index (κ3) is 2.56. The van der Waals surface area contributed by atoms with Crippen molar-refractivity contribution in [3.05, 3.63) is 40.3 Å². The third-order valence-electron chi connectivity index (χ3n) is 4.98. The summed E-state index contributed by atoms with van der Waals surface area (Å²) in [6, 6.07) is 6.40. The standard InChI is InChI=1S/C17H20ClNO2S/c18-10-3-6-14-13(8-10)17-12(5-4-11(9-20)21-17)16(19-14)15-2-1-7-22-15/h1,3,6-8,11-12,15-17,19-20H,2,4-5,9H2/t11-,12+,15?,16-,17+/m1/s1.